The molecule has 198 valence electrons. The molecule has 1 saturated heterocycles. The van der Waals surface area contributed by atoms with Crippen molar-refractivity contribution in [3.8, 4) is 23.7 Å². The van der Waals surface area contributed by atoms with Crippen LogP contribution in [0.2, 0.25) is 0 Å². The lowest BCUT2D eigenvalue weighted by atomic mass is 9.70. The van der Waals surface area contributed by atoms with Gasteiger partial charge >= 0.3 is 0 Å². The molecule has 1 aliphatic carbocycles. The van der Waals surface area contributed by atoms with Crippen LogP contribution < -0.4 is 5.48 Å². The Hall–Kier alpha value is -2.47. The fourth-order valence-corrected chi connectivity index (χ4v) is 6.05. The summed E-state index contributed by atoms with van der Waals surface area (Å²) in [4.78, 5) is 22.8. The molecule has 2 N–H and O–H groups in total. The van der Waals surface area contributed by atoms with Crippen LogP contribution in [-0.2, 0) is 30.6 Å². The molecule has 37 heavy (non-hydrogen) atoms. The van der Waals surface area contributed by atoms with Crippen molar-refractivity contribution in [3.05, 3.63) is 28.8 Å². The van der Waals surface area contributed by atoms with Crippen LogP contribution >= 0.6 is 11.3 Å². The van der Waals surface area contributed by atoms with Gasteiger partial charge in [-0.1, -0.05) is 18.3 Å². The van der Waals surface area contributed by atoms with Crippen LogP contribution in [0.25, 0.3) is 10.2 Å². The molecule has 2 aliphatic rings. The highest BCUT2D eigenvalue weighted by Crippen LogP contribution is 2.39. The highest BCUT2D eigenvalue weighted by molar-refractivity contribution is 7.92. The number of nitrogens with one attached hydrogen (secondary N) is 1. The number of thiazole rings is 1. The van der Waals surface area contributed by atoms with E-state index in [1.54, 1.807) is 0 Å². The Bertz CT molecular complexity index is 1360. The fourth-order valence-electron chi connectivity index (χ4n) is 4.19. The zero-order chi connectivity index (χ0) is 26.5. The number of hydrogen-bond acceptors (Lipinski definition) is 8. The summed E-state index contributed by atoms with van der Waals surface area (Å²) in [7, 11) is -3.75. The number of hydroxylamine groups is 1. The number of fused-ring (bicyclic) bond motifs is 1. The topological polar surface area (TPSA) is 115 Å². The third-order valence-corrected chi connectivity index (χ3v) is 10.3. The molecule has 1 saturated carbocycles. The van der Waals surface area contributed by atoms with Crippen molar-refractivity contribution in [2.75, 3.05) is 19.5 Å². The first-order valence-corrected chi connectivity index (χ1v) is 15.2. The Kier molecular flexibility index (Phi) is 8.57. The third kappa shape index (κ3) is 6.51. The van der Waals surface area contributed by atoms with E-state index >= 15 is 0 Å². The summed E-state index contributed by atoms with van der Waals surface area (Å²) >= 11 is 1.44. The molecular formula is C27H32N2O6S2. The van der Waals surface area contributed by atoms with Crippen LogP contribution in [0.15, 0.2) is 18.2 Å². The van der Waals surface area contributed by atoms with Gasteiger partial charge in [0.25, 0.3) is 5.91 Å². The van der Waals surface area contributed by atoms with Crippen molar-refractivity contribution in [1.29, 1.82) is 0 Å². The number of amides is 1. The van der Waals surface area contributed by atoms with Crippen LogP contribution in [0.4, 0.5) is 0 Å². The second-order valence-electron chi connectivity index (χ2n) is 9.93. The summed E-state index contributed by atoms with van der Waals surface area (Å²) < 4.78 is 29.9. The van der Waals surface area contributed by atoms with Gasteiger partial charge in [-0.05, 0) is 69.1 Å². The van der Waals surface area contributed by atoms with Gasteiger partial charge < -0.3 is 9.84 Å². The van der Waals surface area contributed by atoms with E-state index in [-0.39, 0.29) is 18.4 Å². The van der Waals surface area contributed by atoms with Crippen LogP contribution in [-0.4, -0.2) is 54.9 Å². The van der Waals surface area contributed by atoms with Gasteiger partial charge in [-0.3, -0.25) is 4.79 Å². The first-order valence-electron chi connectivity index (χ1n) is 12.4. The minimum Gasteiger partial charge on any atom is -0.395 e. The Balaban J connectivity index is 1.42. The second kappa shape index (κ2) is 11.5. The second-order valence-corrected chi connectivity index (χ2v) is 13.5. The van der Waals surface area contributed by atoms with Crippen LogP contribution in [0.5, 0.6) is 0 Å². The van der Waals surface area contributed by atoms with Crippen molar-refractivity contribution in [3.63, 3.8) is 0 Å². The van der Waals surface area contributed by atoms with Gasteiger partial charge in [0.15, 0.2) is 16.1 Å². The van der Waals surface area contributed by atoms with Crippen LogP contribution in [0.1, 0.15) is 62.4 Å². The quantitative estimate of drug-likeness (QED) is 0.388. The average molecular weight is 545 g/mol. The number of aliphatic hydroxyl groups excluding tert-OH is 1. The summed E-state index contributed by atoms with van der Waals surface area (Å²) in [5, 5.41) is 10.2. The Morgan fingerprint density at radius 3 is 2.78 bits per heavy atom. The van der Waals surface area contributed by atoms with E-state index in [1.807, 2.05) is 18.2 Å². The predicted octanol–water partition coefficient (Wildman–Crippen LogP) is 3.12. The van der Waals surface area contributed by atoms with Crippen molar-refractivity contribution < 1.29 is 27.9 Å². The molecule has 1 aromatic heterocycles. The number of benzene rings is 1. The van der Waals surface area contributed by atoms with E-state index in [9.17, 15) is 18.3 Å². The van der Waals surface area contributed by atoms with E-state index in [4.69, 9.17) is 9.57 Å². The average Bonchev–Trinajstić information content (AvgIpc) is 3.27. The number of aromatic nitrogens is 1. The van der Waals surface area contributed by atoms with E-state index in [2.05, 4.69) is 34.1 Å². The SMILES string of the molecule is CC(CCc1nc2ccc(C#CC#CC3(CO)CCC3)cc2s1)(C(=O)NOC1CCCCO1)S(C)(=O)=O. The molecule has 2 aromatic rings. The molecule has 2 unspecified atom stereocenters. The Labute approximate surface area is 222 Å². The number of hydrogen-bond donors (Lipinski definition) is 2. The number of ether oxygens (including phenoxy) is 1. The molecule has 0 bridgehead atoms. The largest absolute Gasteiger partial charge is 0.395 e. The molecule has 1 aliphatic heterocycles. The molecule has 2 heterocycles. The predicted molar refractivity (Wildman–Crippen MR) is 142 cm³/mol. The maximum Gasteiger partial charge on any atom is 0.264 e. The van der Waals surface area contributed by atoms with Gasteiger partial charge in [0.1, 0.15) is 4.75 Å². The Morgan fingerprint density at radius 2 is 2.14 bits per heavy atom. The van der Waals surface area contributed by atoms with E-state index in [0.29, 0.717) is 19.4 Å². The Morgan fingerprint density at radius 1 is 1.32 bits per heavy atom. The lowest BCUT2D eigenvalue weighted by Gasteiger charge is -2.34. The number of aryl methyl sites for hydroxylation is 1. The van der Waals surface area contributed by atoms with E-state index in [1.165, 1.54) is 18.3 Å². The molecule has 1 amide bonds. The number of aliphatic hydroxyl groups is 1. The highest BCUT2D eigenvalue weighted by atomic mass is 32.2. The third-order valence-electron chi connectivity index (χ3n) is 7.18. The minimum absolute atomic E-state index is 0.0568. The van der Waals surface area contributed by atoms with Gasteiger partial charge in [0.2, 0.25) is 0 Å². The minimum atomic E-state index is -3.75. The first-order chi connectivity index (χ1) is 17.6. The summed E-state index contributed by atoms with van der Waals surface area (Å²) in [6.45, 7) is 2.03. The van der Waals surface area contributed by atoms with E-state index in [0.717, 1.165) is 59.1 Å². The molecular weight excluding hydrogens is 512 g/mol. The number of nitrogens with zero attached hydrogens (tertiary/aromatic N) is 1. The molecule has 2 atom stereocenters. The highest BCUT2D eigenvalue weighted by Gasteiger charge is 2.44. The maximum absolute atomic E-state index is 12.9. The number of rotatable bonds is 8. The van der Waals surface area contributed by atoms with Crippen LogP contribution in [0, 0.1) is 29.1 Å². The van der Waals surface area contributed by atoms with Crippen LogP contribution in [0.3, 0.4) is 0 Å². The van der Waals surface area contributed by atoms with E-state index < -0.39 is 26.8 Å². The summed E-state index contributed by atoms with van der Waals surface area (Å²) in [5.41, 5.74) is 3.62. The fraction of sp³-hybridized carbons (Fsp3) is 0.556. The monoisotopic (exact) mass is 544 g/mol. The molecule has 10 heteroatoms. The van der Waals surface area contributed by atoms with Crippen molar-refractivity contribution in [2.24, 2.45) is 5.41 Å². The molecule has 2 fully saturated rings. The van der Waals surface area contributed by atoms with Crippen molar-refractivity contribution >= 4 is 37.3 Å². The van der Waals surface area contributed by atoms with Gasteiger partial charge in [0, 0.05) is 31.3 Å². The molecule has 0 spiro atoms. The summed E-state index contributed by atoms with van der Waals surface area (Å²) in [5.74, 6) is 11.2. The van der Waals surface area contributed by atoms with Gasteiger partial charge in [-0.2, -0.15) is 0 Å². The maximum atomic E-state index is 12.9. The molecule has 0 radical (unpaired) electrons. The zero-order valence-electron chi connectivity index (χ0n) is 21.1. The zero-order valence-corrected chi connectivity index (χ0v) is 22.8. The normalized spacial score (nSPS) is 20.5. The first kappa shape index (κ1) is 27.6. The molecule has 8 nitrogen and oxygen atoms in total. The molecule has 4 rings (SSSR count). The summed E-state index contributed by atoms with van der Waals surface area (Å²) in [6, 6.07) is 5.66. The van der Waals surface area contributed by atoms with Gasteiger partial charge in [-0.15, -0.1) is 11.3 Å². The number of carbonyl (C=O) groups excluding carboxylic acids is 1. The lowest BCUT2D eigenvalue weighted by molar-refractivity contribution is -0.201. The summed E-state index contributed by atoms with van der Waals surface area (Å²) in [6.07, 6.45) is 6.27. The number of carbonyl (C=O) groups is 1. The van der Waals surface area contributed by atoms with Crippen molar-refractivity contribution in [1.82, 2.24) is 10.5 Å². The standard InChI is InChI=1S/C27H32N2O6S2/c1-26(37(2,32)33,25(31)29-35-24-9-4-6-17-34-24)16-12-23-28-21-11-10-20(18-22(21)36-23)8-3-5-13-27(19-30)14-7-15-27/h10-11,18,24,30H,4,6-7,9,12,14-17,19H2,1-2H3,(H,29,31). The van der Waals surface area contributed by atoms with Gasteiger partial charge in [0.05, 0.1) is 27.2 Å². The van der Waals surface area contributed by atoms with Gasteiger partial charge in [-0.25, -0.2) is 23.7 Å². The lowest BCUT2D eigenvalue weighted by Crippen LogP contribution is -2.51. The smallest absolute Gasteiger partial charge is 0.264 e. The number of sulfone groups is 1. The van der Waals surface area contributed by atoms with Crippen molar-refractivity contribution in [2.45, 2.75) is 69.3 Å². The molecule has 1 aromatic carbocycles.